The molecule has 1 atom stereocenters. The van der Waals surface area contributed by atoms with Crippen molar-refractivity contribution in [2.45, 2.75) is 13.8 Å². The van der Waals surface area contributed by atoms with E-state index in [-0.39, 0.29) is 17.8 Å². The van der Waals surface area contributed by atoms with Gasteiger partial charge in [0, 0.05) is 26.6 Å². The van der Waals surface area contributed by atoms with Crippen molar-refractivity contribution in [2.75, 3.05) is 40.8 Å². The molecule has 0 N–H and O–H groups in total. The van der Waals surface area contributed by atoms with E-state index in [4.69, 9.17) is 0 Å². The van der Waals surface area contributed by atoms with Crippen LogP contribution in [0.3, 0.4) is 0 Å². The molecule has 0 heterocycles. The van der Waals surface area contributed by atoms with Gasteiger partial charge in [-0.2, -0.15) is 0 Å². The van der Waals surface area contributed by atoms with Crippen LogP contribution in [0.25, 0.3) is 0 Å². The van der Waals surface area contributed by atoms with Crippen molar-refractivity contribution >= 4 is 11.9 Å². The fraction of sp³-hybridized carbons (Fsp3) is 0.818. The summed E-state index contributed by atoms with van der Waals surface area (Å²) in [4.78, 5) is 26.3. The first-order valence-electron chi connectivity index (χ1n) is 5.36. The lowest BCUT2D eigenvalue weighted by Crippen LogP contribution is -2.39. The Kier molecular flexibility index (Phi) is 6.72. The first-order chi connectivity index (χ1) is 7.38. The molecule has 0 fully saturated rings. The van der Waals surface area contributed by atoms with Gasteiger partial charge in [-0.25, -0.2) is 0 Å². The zero-order valence-electron chi connectivity index (χ0n) is 10.8. The normalized spacial score (nSPS) is 12.4. The van der Waals surface area contributed by atoms with Gasteiger partial charge in [-0.3, -0.25) is 9.59 Å². The smallest absolute Gasteiger partial charge is 0.310 e. The molecule has 0 aliphatic carbocycles. The Morgan fingerprint density at radius 1 is 1.25 bits per heavy atom. The maximum Gasteiger partial charge on any atom is 0.310 e. The number of carbonyl (C=O) groups is 2. The molecule has 0 aromatic heterocycles. The summed E-state index contributed by atoms with van der Waals surface area (Å²) >= 11 is 0. The third kappa shape index (κ3) is 5.70. The molecule has 0 radical (unpaired) electrons. The monoisotopic (exact) mass is 230 g/mol. The number of methoxy groups -OCH3 is 1. The summed E-state index contributed by atoms with van der Waals surface area (Å²) in [6.45, 7) is 5.10. The third-order valence-corrected chi connectivity index (χ3v) is 2.36. The molecule has 1 amide bonds. The van der Waals surface area contributed by atoms with E-state index in [0.717, 1.165) is 6.54 Å². The molecule has 94 valence electrons. The van der Waals surface area contributed by atoms with E-state index in [1.165, 1.54) is 14.0 Å². The number of ether oxygens (including phenoxy) is 1. The average Bonchev–Trinajstić information content (AvgIpc) is 2.21. The minimum atomic E-state index is -0.281. The molecule has 16 heavy (non-hydrogen) atoms. The van der Waals surface area contributed by atoms with E-state index in [9.17, 15) is 9.59 Å². The predicted molar refractivity (Wildman–Crippen MR) is 62.0 cm³/mol. The molecule has 5 nitrogen and oxygen atoms in total. The third-order valence-electron chi connectivity index (χ3n) is 2.36. The van der Waals surface area contributed by atoms with Crippen LogP contribution in [0.2, 0.25) is 0 Å². The Hall–Kier alpha value is -1.10. The van der Waals surface area contributed by atoms with Crippen LogP contribution in [0.5, 0.6) is 0 Å². The van der Waals surface area contributed by atoms with Gasteiger partial charge in [0.15, 0.2) is 0 Å². The summed E-state index contributed by atoms with van der Waals surface area (Å²) in [5.74, 6) is -0.579. The zero-order chi connectivity index (χ0) is 12.7. The maximum atomic E-state index is 11.4. The van der Waals surface area contributed by atoms with E-state index in [0.29, 0.717) is 13.1 Å². The first kappa shape index (κ1) is 14.9. The standard InChI is InChI=1S/C11H22N2O3/c1-9(11(15)16-5)8-13(10(2)14)7-6-12(3)4/h9H,6-8H2,1-5H3. The summed E-state index contributed by atoms with van der Waals surface area (Å²) in [7, 11) is 5.25. The molecular formula is C11H22N2O3. The van der Waals surface area contributed by atoms with Crippen LogP contribution in [0, 0.1) is 5.92 Å². The molecule has 0 aromatic carbocycles. The highest BCUT2D eigenvalue weighted by atomic mass is 16.5. The highest BCUT2D eigenvalue weighted by molar-refractivity contribution is 5.76. The number of amides is 1. The van der Waals surface area contributed by atoms with Crippen LogP contribution in [-0.2, 0) is 14.3 Å². The highest BCUT2D eigenvalue weighted by Crippen LogP contribution is 2.02. The molecule has 0 aromatic rings. The first-order valence-corrected chi connectivity index (χ1v) is 5.36. The summed E-state index contributed by atoms with van der Waals surface area (Å²) in [5, 5.41) is 0. The second kappa shape index (κ2) is 7.22. The van der Waals surface area contributed by atoms with Crippen molar-refractivity contribution in [3.05, 3.63) is 0 Å². The molecule has 0 rings (SSSR count). The SMILES string of the molecule is COC(=O)C(C)CN(CCN(C)C)C(C)=O. The van der Waals surface area contributed by atoms with E-state index in [2.05, 4.69) is 4.74 Å². The van der Waals surface area contributed by atoms with Crippen LogP contribution in [0.15, 0.2) is 0 Å². The van der Waals surface area contributed by atoms with E-state index >= 15 is 0 Å². The minimum Gasteiger partial charge on any atom is -0.469 e. The lowest BCUT2D eigenvalue weighted by atomic mass is 10.1. The predicted octanol–water partition coefficient (Wildman–Crippen LogP) is 0.206. The van der Waals surface area contributed by atoms with Crippen molar-refractivity contribution in [1.82, 2.24) is 9.80 Å². The summed E-state index contributed by atoms with van der Waals surface area (Å²) in [6.07, 6.45) is 0. The van der Waals surface area contributed by atoms with Crippen molar-refractivity contribution in [1.29, 1.82) is 0 Å². The van der Waals surface area contributed by atoms with E-state index < -0.39 is 0 Å². The van der Waals surface area contributed by atoms with Gasteiger partial charge in [-0.15, -0.1) is 0 Å². The Balaban J connectivity index is 4.22. The topological polar surface area (TPSA) is 49.9 Å². The second-order valence-corrected chi connectivity index (χ2v) is 4.19. The number of esters is 1. The fourth-order valence-corrected chi connectivity index (χ4v) is 1.30. The molecule has 0 saturated carbocycles. The number of carbonyl (C=O) groups excluding carboxylic acids is 2. The quantitative estimate of drug-likeness (QED) is 0.612. The largest absolute Gasteiger partial charge is 0.469 e. The lowest BCUT2D eigenvalue weighted by Gasteiger charge is -2.25. The Labute approximate surface area is 97.3 Å². The van der Waals surface area contributed by atoms with Crippen molar-refractivity contribution < 1.29 is 14.3 Å². The van der Waals surface area contributed by atoms with E-state index in [1.54, 1.807) is 11.8 Å². The number of hydrogen-bond acceptors (Lipinski definition) is 4. The van der Waals surface area contributed by atoms with Crippen LogP contribution in [-0.4, -0.2) is 62.5 Å². The van der Waals surface area contributed by atoms with Gasteiger partial charge in [0.2, 0.25) is 5.91 Å². The molecule has 0 saturated heterocycles. The van der Waals surface area contributed by atoms with Crippen LogP contribution < -0.4 is 0 Å². The molecule has 1 unspecified atom stereocenters. The summed E-state index contributed by atoms with van der Waals surface area (Å²) in [5.41, 5.74) is 0. The summed E-state index contributed by atoms with van der Waals surface area (Å²) in [6, 6.07) is 0. The van der Waals surface area contributed by atoms with Gasteiger partial charge in [0.05, 0.1) is 13.0 Å². The van der Waals surface area contributed by atoms with Gasteiger partial charge >= 0.3 is 5.97 Å². The van der Waals surface area contributed by atoms with Crippen LogP contribution >= 0.6 is 0 Å². The minimum absolute atomic E-state index is 0.0161. The number of nitrogens with zero attached hydrogens (tertiary/aromatic N) is 2. The Morgan fingerprint density at radius 3 is 2.19 bits per heavy atom. The Bertz CT molecular complexity index is 241. The Morgan fingerprint density at radius 2 is 1.81 bits per heavy atom. The van der Waals surface area contributed by atoms with Gasteiger partial charge in [-0.05, 0) is 14.1 Å². The maximum absolute atomic E-state index is 11.4. The number of rotatable bonds is 6. The highest BCUT2D eigenvalue weighted by Gasteiger charge is 2.19. The van der Waals surface area contributed by atoms with Gasteiger partial charge in [-0.1, -0.05) is 6.92 Å². The van der Waals surface area contributed by atoms with Crippen molar-refractivity contribution in [3.63, 3.8) is 0 Å². The number of hydrogen-bond donors (Lipinski definition) is 0. The molecule has 0 aliphatic heterocycles. The fourth-order valence-electron chi connectivity index (χ4n) is 1.30. The molecule has 0 aliphatic rings. The zero-order valence-corrected chi connectivity index (χ0v) is 10.8. The van der Waals surface area contributed by atoms with Gasteiger partial charge < -0.3 is 14.5 Å². The lowest BCUT2D eigenvalue weighted by molar-refractivity contribution is -0.146. The average molecular weight is 230 g/mol. The molecule has 0 bridgehead atoms. The van der Waals surface area contributed by atoms with Gasteiger partial charge in [0.25, 0.3) is 0 Å². The van der Waals surface area contributed by atoms with Gasteiger partial charge in [0.1, 0.15) is 0 Å². The molecular weight excluding hydrogens is 208 g/mol. The summed E-state index contributed by atoms with van der Waals surface area (Å²) < 4.78 is 4.63. The number of likely N-dealkylation sites (N-methyl/N-ethyl adjacent to an activating group) is 1. The van der Waals surface area contributed by atoms with Crippen molar-refractivity contribution in [2.24, 2.45) is 5.92 Å². The molecule has 5 heteroatoms. The second-order valence-electron chi connectivity index (χ2n) is 4.19. The van der Waals surface area contributed by atoms with Crippen molar-refractivity contribution in [3.8, 4) is 0 Å². The van der Waals surface area contributed by atoms with Crippen LogP contribution in [0.4, 0.5) is 0 Å². The van der Waals surface area contributed by atoms with E-state index in [1.807, 2.05) is 19.0 Å². The molecule has 0 spiro atoms. The van der Waals surface area contributed by atoms with Crippen LogP contribution in [0.1, 0.15) is 13.8 Å².